The van der Waals surface area contributed by atoms with E-state index in [1.807, 2.05) is 0 Å². The van der Waals surface area contributed by atoms with Crippen LogP contribution in [0.4, 0.5) is 4.39 Å². The lowest BCUT2D eigenvalue weighted by atomic mass is 10.0. The maximum atomic E-state index is 13.5. The van der Waals surface area contributed by atoms with E-state index in [1.54, 1.807) is 30.5 Å². The van der Waals surface area contributed by atoms with Crippen molar-refractivity contribution in [2.24, 2.45) is 0 Å². The molecule has 84 valence electrons. The smallest absolute Gasteiger partial charge is 0.198 e. The van der Waals surface area contributed by atoms with E-state index in [-0.39, 0.29) is 11.3 Å². The molecule has 1 heterocycles. The summed E-state index contributed by atoms with van der Waals surface area (Å²) in [4.78, 5) is 16.1. The fourth-order valence-electron chi connectivity index (χ4n) is 1.56. The number of carbonyl (C=O) groups is 1. The van der Waals surface area contributed by atoms with Crippen LogP contribution in [-0.2, 0) is 0 Å². The number of rotatable bonds is 3. The van der Waals surface area contributed by atoms with E-state index < -0.39 is 5.82 Å². The van der Waals surface area contributed by atoms with E-state index in [0.717, 1.165) is 0 Å². The lowest BCUT2D eigenvalue weighted by molar-refractivity contribution is 0.103. The first-order valence-electron chi connectivity index (χ1n) is 5.10. The minimum Gasteiger partial charge on any atom is -0.288 e. The molecule has 0 aliphatic heterocycles. The Morgan fingerprint density at radius 1 is 1.18 bits per heavy atom. The quantitative estimate of drug-likeness (QED) is 0.754. The van der Waals surface area contributed by atoms with E-state index in [2.05, 4.69) is 11.6 Å². The SMILES string of the molecule is C=Cc1ncccc1C(=O)c1ccccc1F. The number of nitrogens with zero attached hydrogens (tertiary/aromatic N) is 1. The van der Waals surface area contributed by atoms with E-state index in [9.17, 15) is 9.18 Å². The zero-order valence-corrected chi connectivity index (χ0v) is 9.06. The normalized spacial score (nSPS) is 9.94. The van der Waals surface area contributed by atoms with Gasteiger partial charge in [0, 0.05) is 11.8 Å². The van der Waals surface area contributed by atoms with Crippen molar-refractivity contribution in [3.63, 3.8) is 0 Å². The van der Waals surface area contributed by atoms with Crippen LogP contribution < -0.4 is 0 Å². The van der Waals surface area contributed by atoms with Crippen molar-refractivity contribution in [3.05, 3.63) is 71.8 Å². The summed E-state index contributed by atoms with van der Waals surface area (Å²) in [6.45, 7) is 3.58. The van der Waals surface area contributed by atoms with Crippen molar-refractivity contribution < 1.29 is 9.18 Å². The fourth-order valence-corrected chi connectivity index (χ4v) is 1.56. The molecule has 0 unspecified atom stereocenters. The average molecular weight is 227 g/mol. The van der Waals surface area contributed by atoms with Crippen LogP contribution >= 0.6 is 0 Å². The van der Waals surface area contributed by atoms with Crippen LogP contribution in [0.15, 0.2) is 49.2 Å². The summed E-state index contributed by atoms with van der Waals surface area (Å²) >= 11 is 0. The molecule has 0 radical (unpaired) electrons. The highest BCUT2D eigenvalue weighted by atomic mass is 19.1. The van der Waals surface area contributed by atoms with Gasteiger partial charge in [0.1, 0.15) is 5.82 Å². The van der Waals surface area contributed by atoms with Crippen molar-refractivity contribution in [2.75, 3.05) is 0 Å². The lowest BCUT2D eigenvalue weighted by Gasteiger charge is -2.04. The highest BCUT2D eigenvalue weighted by Gasteiger charge is 2.15. The molecule has 1 aromatic carbocycles. The summed E-state index contributed by atoms with van der Waals surface area (Å²) < 4.78 is 13.5. The Morgan fingerprint density at radius 3 is 2.59 bits per heavy atom. The first kappa shape index (κ1) is 11.2. The third-order valence-corrected chi connectivity index (χ3v) is 2.39. The van der Waals surface area contributed by atoms with Gasteiger partial charge in [0.15, 0.2) is 5.78 Å². The van der Waals surface area contributed by atoms with Gasteiger partial charge in [0.05, 0.1) is 11.3 Å². The molecule has 0 aliphatic carbocycles. The van der Waals surface area contributed by atoms with Gasteiger partial charge in [-0.25, -0.2) is 4.39 Å². The third kappa shape index (κ3) is 2.13. The Hall–Kier alpha value is -2.29. The summed E-state index contributed by atoms with van der Waals surface area (Å²) in [6, 6.07) is 9.14. The molecule has 0 fully saturated rings. The van der Waals surface area contributed by atoms with E-state index in [1.165, 1.54) is 18.2 Å². The zero-order chi connectivity index (χ0) is 12.3. The summed E-state index contributed by atoms with van der Waals surface area (Å²) in [5.41, 5.74) is 0.858. The Morgan fingerprint density at radius 2 is 1.88 bits per heavy atom. The molecule has 3 heteroatoms. The van der Waals surface area contributed by atoms with Crippen molar-refractivity contribution in [1.82, 2.24) is 4.98 Å². The topological polar surface area (TPSA) is 30.0 Å². The molecular weight excluding hydrogens is 217 g/mol. The van der Waals surface area contributed by atoms with Crippen LogP contribution in [0.2, 0.25) is 0 Å². The van der Waals surface area contributed by atoms with Gasteiger partial charge in [-0.1, -0.05) is 18.7 Å². The molecule has 17 heavy (non-hydrogen) atoms. The fraction of sp³-hybridized carbons (Fsp3) is 0. The van der Waals surface area contributed by atoms with Crippen molar-refractivity contribution in [2.45, 2.75) is 0 Å². The van der Waals surface area contributed by atoms with E-state index >= 15 is 0 Å². The standard InChI is InChI=1S/C14H10FNO/c1-2-13-11(7-5-9-16-13)14(17)10-6-3-4-8-12(10)15/h2-9H,1H2. The van der Waals surface area contributed by atoms with E-state index in [0.29, 0.717) is 11.3 Å². The molecule has 0 saturated carbocycles. The number of ketones is 1. The number of carbonyl (C=O) groups excluding carboxylic acids is 1. The van der Waals surface area contributed by atoms with Crippen LogP contribution in [0.5, 0.6) is 0 Å². The first-order valence-corrected chi connectivity index (χ1v) is 5.10. The van der Waals surface area contributed by atoms with Crippen LogP contribution in [0.1, 0.15) is 21.6 Å². The molecule has 0 amide bonds. The summed E-state index contributed by atoms with van der Waals surface area (Å²) in [5.74, 6) is -0.914. The largest absolute Gasteiger partial charge is 0.288 e. The van der Waals surface area contributed by atoms with Gasteiger partial charge >= 0.3 is 0 Å². The first-order chi connectivity index (χ1) is 8.24. The molecule has 0 atom stereocenters. The molecule has 2 rings (SSSR count). The molecule has 0 saturated heterocycles. The molecule has 2 nitrogen and oxygen atoms in total. The van der Waals surface area contributed by atoms with Crippen LogP contribution in [0, 0.1) is 5.82 Å². The highest BCUT2D eigenvalue weighted by Crippen LogP contribution is 2.16. The Bertz CT molecular complexity index is 578. The number of pyridine rings is 1. The third-order valence-electron chi connectivity index (χ3n) is 2.39. The summed E-state index contributed by atoms with van der Waals surface area (Å²) in [7, 11) is 0. The predicted octanol–water partition coefficient (Wildman–Crippen LogP) is 3.09. The molecule has 1 aromatic heterocycles. The Labute approximate surface area is 98.4 Å². The zero-order valence-electron chi connectivity index (χ0n) is 9.06. The molecule has 2 aromatic rings. The van der Waals surface area contributed by atoms with Crippen LogP contribution in [-0.4, -0.2) is 10.8 Å². The van der Waals surface area contributed by atoms with Gasteiger partial charge in [0.25, 0.3) is 0 Å². The van der Waals surface area contributed by atoms with Gasteiger partial charge in [-0.3, -0.25) is 9.78 Å². The van der Waals surface area contributed by atoms with Crippen molar-refractivity contribution in [3.8, 4) is 0 Å². The van der Waals surface area contributed by atoms with E-state index in [4.69, 9.17) is 0 Å². The minimum absolute atomic E-state index is 0.0450. The summed E-state index contributed by atoms with van der Waals surface area (Å²) in [5, 5.41) is 0. The van der Waals surface area contributed by atoms with Crippen LogP contribution in [0.3, 0.4) is 0 Å². The van der Waals surface area contributed by atoms with Crippen molar-refractivity contribution >= 4 is 11.9 Å². The predicted molar refractivity (Wildman–Crippen MR) is 64.2 cm³/mol. The Balaban J connectivity index is 2.51. The minimum atomic E-state index is -0.531. The Kier molecular flexibility index (Phi) is 3.10. The van der Waals surface area contributed by atoms with Gasteiger partial charge in [-0.2, -0.15) is 0 Å². The van der Waals surface area contributed by atoms with Crippen LogP contribution in [0.25, 0.3) is 6.08 Å². The number of hydrogen-bond donors (Lipinski definition) is 0. The molecule has 0 aliphatic rings. The maximum Gasteiger partial charge on any atom is 0.198 e. The number of aromatic nitrogens is 1. The number of hydrogen-bond acceptors (Lipinski definition) is 2. The molecular formula is C14H10FNO. The second-order valence-corrected chi connectivity index (χ2v) is 3.45. The van der Waals surface area contributed by atoms with Gasteiger partial charge in [0.2, 0.25) is 0 Å². The van der Waals surface area contributed by atoms with Gasteiger partial charge in [-0.05, 0) is 30.3 Å². The highest BCUT2D eigenvalue weighted by molar-refractivity contribution is 6.10. The average Bonchev–Trinajstić information content (AvgIpc) is 2.38. The molecule has 0 spiro atoms. The summed E-state index contributed by atoms with van der Waals surface area (Å²) in [6.07, 6.45) is 3.04. The van der Waals surface area contributed by atoms with Gasteiger partial charge < -0.3 is 0 Å². The second-order valence-electron chi connectivity index (χ2n) is 3.45. The monoisotopic (exact) mass is 227 g/mol. The second kappa shape index (κ2) is 4.70. The van der Waals surface area contributed by atoms with Crippen molar-refractivity contribution in [1.29, 1.82) is 0 Å². The van der Waals surface area contributed by atoms with Gasteiger partial charge in [-0.15, -0.1) is 0 Å². The number of benzene rings is 1. The number of halogens is 1. The lowest BCUT2D eigenvalue weighted by Crippen LogP contribution is -2.06. The molecule has 0 bridgehead atoms. The molecule has 0 N–H and O–H groups in total. The maximum absolute atomic E-state index is 13.5.